The number of hydrogen-bond acceptors (Lipinski definition) is 27. The molecule has 0 bridgehead atoms. The first-order valence-electron chi connectivity index (χ1n) is 21.9. The number of aryl methyl sites for hydroxylation is 1. The summed E-state index contributed by atoms with van der Waals surface area (Å²) in [4.78, 5) is 106. The fraction of sp³-hybridized carbons (Fsp3) is 0.583. The van der Waals surface area contributed by atoms with E-state index in [1.54, 1.807) is 0 Å². The Labute approximate surface area is 424 Å². The Balaban J connectivity index is 0.925. The molecule has 3 aliphatic heterocycles. The molecule has 0 aromatic carbocycles. The third kappa shape index (κ3) is 12.1. The number of H-pyrrole nitrogens is 2. The van der Waals surface area contributed by atoms with Crippen LogP contribution in [0.3, 0.4) is 0 Å². The van der Waals surface area contributed by atoms with Crippen LogP contribution >= 0.6 is 35.2 Å². The number of phosphoric ester groups is 2. The molecule has 3 aliphatic rings. The zero-order valence-electron chi connectivity index (χ0n) is 39.5. The van der Waals surface area contributed by atoms with Crippen LogP contribution in [0.15, 0.2) is 45.6 Å². The maximum atomic E-state index is 13.3. The van der Waals surface area contributed by atoms with Crippen molar-refractivity contribution in [2.24, 2.45) is 13.0 Å². The molecular formula is C36H50N13O22P3S. The number of carbonyl (C=O) groups is 1. The standard InChI is InChI=1S/C36H50N13O22P3S/c1-45(2)20(51)7-15-16(67-32(23(15)52)49-13-46(3)22-30(49)43-35(38)44-31(22)55)9-65-72(57,58)70-74(61,62)71-73(59,60)66-10-18-27(26(63-4)34(69-18)48-12-41-21-28(37)39-11-40-29(21)48)75-14-64-8-17-24(53)25(54)33(68-17)47-6-5-19(50)42-36(47)56/h5-6,11-13,15-18,23-27,32-34,52-54H,7-10,14H2,1-4H3,(H8-,37,38,39,40,42,43,44,50,55,56,57,58,59,60,61,62)/t15-,16-,17-,18?,23-,24-,25-,26-,27-,32-,33-,34-/m1/s1. The molecule has 1 amide bonds. The first-order valence-corrected chi connectivity index (χ1v) is 27.4. The van der Waals surface area contributed by atoms with Crippen LogP contribution in [0, 0.1) is 5.92 Å². The van der Waals surface area contributed by atoms with Crippen LogP contribution in [0.1, 0.15) is 25.1 Å². The van der Waals surface area contributed by atoms with Gasteiger partial charge in [-0.1, -0.05) is 4.98 Å². The summed E-state index contributed by atoms with van der Waals surface area (Å²) in [6.07, 6.45) is -9.33. The van der Waals surface area contributed by atoms with E-state index in [0.29, 0.717) is 0 Å². The number of amides is 1. The molecule has 11 N–H and O–H groups in total. The number of hydrogen-bond donors (Lipinski definition) is 9. The van der Waals surface area contributed by atoms with Gasteiger partial charge in [0.2, 0.25) is 17.7 Å². The zero-order valence-corrected chi connectivity index (χ0v) is 43.0. The number of nitrogen functional groups attached to an aromatic ring is 2. The van der Waals surface area contributed by atoms with E-state index in [1.807, 2.05) is 4.98 Å². The maximum absolute atomic E-state index is 13.3. The van der Waals surface area contributed by atoms with E-state index in [-0.39, 0.29) is 46.6 Å². The summed E-state index contributed by atoms with van der Waals surface area (Å²) in [5.74, 6) is -2.30. The van der Waals surface area contributed by atoms with Gasteiger partial charge in [0.1, 0.15) is 42.4 Å². The lowest BCUT2D eigenvalue weighted by atomic mass is 9.94. The predicted octanol–water partition coefficient (Wildman–Crippen LogP) is -4.20. The van der Waals surface area contributed by atoms with Gasteiger partial charge in [-0.2, -0.15) is 4.31 Å². The highest BCUT2D eigenvalue weighted by Gasteiger charge is 2.51. The van der Waals surface area contributed by atoms with Crippen molar-refractivity contribution in [1.82, 2.24) is 48.5 Å². The molecule has 3 saturated heterocycles. The molecule has 412 valence electrons. The van der Waals surface area contributed by atoms with Crippen LogP contribution in [0.5, 0.6) is 0 Å². The molecular weight excluding hydrogens is 1090 g/mol. The molecule has 0 spiro atoms. The number of methoxy groups -OCH3 is 1. The number of aliphatic hydroxyl groups is 3. The third-order valence-corrected chi connectivity index (χ3v) is 17.5. The summed E-state index contributed by atoms with van der Waals surface area (Å²) in [6.45, 7) is -2.38. The first kappa shape index (κ1) is 56.3. The van der Waals surface area contributed by atoms with Gasteiger partial charge >= 0.3 is 27.0 Å². The number of phosphoric acid groups is 3. The predicted molar refractivity (Wildman–Crippen MR) is 248 cm³/mol. The van der Waals surface area contributed by atoms with Gasteiger partial charge in [-0.15, -0.1) is 11.8 Å². The largest absolute Gasteiger partial charge is 0.756 e. The van der Waals surface area contributed by atoms with Gasteiger partial charge in [0.05, 0.1) is 56.6 Å². The normalized spacial score (nSPS) is 29.4. The van der Waals surface area contributed by atoms with E-state index >= 15 is 0 Å². The molecule has 39 heteroatoms. The monoisotopic (exact) mass is 1140 g/mol. The van der Waals surface area contributed by atoms with Crippen LogP contribution < -0.4 is 37.7 Å². The van der Waals surface area contributed by atoms with Crippen molar-refractivity contribution < 1.29 is 94.4 Å². The summed E-state index contributed by atoms with van der Waals surface area (Å²) in [6, 6.07) is 1.02. The number of nitrogens with two attached hydrogens (primary N) is 2. The van der Waals surface area contributed by atoms with E-state index in [4.69, 9.17) is 44.2 Å². The summed E-state index contributed by atoms with van der Waals surface area (Å²) < 4.78 is 92.1. The molecule has 35 nitrogen and oxygen atoms in total. The first-order chi connectivity index (χ1) is 35.3. The van der Waals surface area contributed by atoms with Crippen molar-refractivity contribution in [3.8, 4) is 0 Å². The molecule has 8 heterocycles. The Morgan fingerprint density at radius 1 is 0.920 bits per heavy atom. The SMILES string of the molecule is CO[C@@H]1[C@H](SCOC[C@H]2O[C@@H](n3ccc(=O)[nH]c3=O)[C@H](O)[C@@H]2O)C(COP(=O)(O)OP(=O)(O)OP(=O)([O-])OC[C@H]2O[C@@H]([n+]3cn(C)c4c(=O)[nH]c(N)nc43)[C@H](O)[C@@H]2CC(=O)N(C)C)O[C@H]1n1cnc2c(N)ncnc21. The van der Waals surface area contributed by atoms with Crippen LogP contribution in [0.4, 0.5) is 11.8 Å². The second-order valence-corrected chi connectivity index (χ2v) is 22.8. The molecule has 0 radical (unpaired) electrons. The molecule has 0 aliphatic carbocycles. The zero-order chi connectivity index (χ0) is 54.5. The topological polar surface area (TPSA) is 484 Å². The quantitative estimate of drug-likeness (QED) is 0.0146. The van der Waals surface area contributed by atoms with E-state index < -0.39 is 138 Å². The Bertz CT molecular complexity index is 3250. The lowest BCUT2D eigenvalue weighted by Gasteiger charge is -2.27. The minimum atomic E-state index is -6.17. The molecule has 75 heavy (non-hydrogen) atoms. The van der Waals surface area contributed by atoms with Gasteiger partial charge in [0.25, 0.3) is 24.9 Å². The Kier molecular flexibility index (Phi) is 16.7. The molecule has 0 saturated carbocycles. The maximum Gasteiger partial charge on any atom is 0.487 e. The van der Waals surface area contributed by atoms with Crippen molar-refractivity contribution in [2.45, 2.75) is 73.1 Å². The summed E-state index contributed by atoms with van der Waals surface area (Å²) in [7, 11) is -12.4. The average molecular weight is 1140 g/mol. The summed E-state index contributed by atoms with van der Waals surface area (Å²) >= 11 is 0.969. The number of aliphatic hydroxyl groups excluding tert-OH is 3. The van der Waals surface area contributed by atoms with Gasteiger partial charge in [-0.3, -0.25) is 47.1 Å². The Morgan fingerprint density at radius 2 is 1.64 bits per heavy atom. The van der Waals surface area contributed by atoms with E-state index in [1.165, 1.54) is 59.5 Å². The molecule has 15 atom stereocenters. The van der Waals surface area contributed by atoms with Crippen molar-refractivity contribution in [3.05, 3.63) is 62.4 Å². The highest BCUT2D eigenvalue weighted by Crippen LogP contribution is 2.67. The summed E-state index contributed by atoms with van der Waals surface area (Å²) in [5.41, 5.74) is 9.78. The van der Waals surface area contributed by atoms with E-state index in [9.17, 15) is 62.9 Å². The molecule has 3 fully saturated rings. The number of anilines is 2. The number of rotatable bonds is 21. The van der Waals surface area contributed by atoms with Crippen LogP contribution in [0.2, 0.25) is 0 Å². The number of ether oxygens (including phenoxy) is 5. The fourth-order valence-electron chi connectivity index (χ4n) is 8.52. The molecule has 8 rings (SSSR count). The van der Waals surface area contributed by atoms with Crippen molar-refractivity contribution >= 4 is 75.2 Å². The minimum Gasteiger partial charge on any atom is -0.756 e. The number of nitrogens with zero attached hydrogens (tertiary/aromatic N) is 9. The van der Waals surface area contributed by atoms with Crippen LogP contribution in [0.25, 0.3) is 22.3 Å². The van der Waals surface area contributed by atoms with Crippen molar-refractivity contribution in [2.75, 3.05) is 58.4 Å². The third-order valence-electron chi connectivity index (χ3n) is 12.0. The highest BCUT2D eigenvalue weighted by molar-refractivity contribution is 7.99. The second kappa shape index (κ2) is 22.2. The van der Waals surface area contributed by atoms with Gasteiger partial charge in [0, 0.05) is 45.8 Å². The number of imidazole rings is 2. The number of nitrogens with one attached hydrogen (secondary N) is 2. The smallest absolute Gasteiger partial charge is 0.487 e. The number of carbonyl (C=O) groups excluding carboxylic acids is 1. The fourth-order valence-corrected chi connectivity index (χ4v) is 13.1. The molecule has 4 unspecified atom stereocenters. The number of thioether (sulfide) groups is 1. The van der Waals surface area contributed by atoms with Crippen LogP contribution in [-0.2, 0) is 66.9 Å². The Morgan fingerprint density at radius 3 is 2.35 bits per heavy atom. The molecule has 5 aromatic heterocycles. The number of aromatic amines is 2. The highest BCUT2D eigenvalue weighted by atomic mass is 32.2. The van der Waals surface area contributed by atoms with Gasteiger partial charge in [-0.25, -0.2) is 37.8 Å². The van der Waals surface area contributed by atoms with E-state index in [2.05, 4.69) is 33.5 Å². The minimum absolute atomic E-state index is 0.00696. The van der Waals surface area contributed by atoms with E-state index in [0.717, 1.165) is 34.9 Å². The Hall–Kier alpha value is -4.91. The van der Waals surface area contributed by atoms with Crippen LogP contribution in [-0.4, -0.2) is 174 Å². The van der Waals surface area contributed by atoms with Gasteiger partial charge < -0.3 is 74.6 Å². The van der Waals surface area contributed by atoms with Gasteiger partial charge in [-0.05, 0) is 0 Å². The number of aromatic nitrogens is 10. The molecule has 5 aromatic rings. The number of fused-ring (bicyclic) bond motifs is 2. The second-order valence-electron chi connectivity index (χ2n) is 17.1. The van der Waals surface area contributed by atoms with Gasteiger partial charge in [0.15, 0.2) is 30.2 Å². The average Bonchev–Trinajstić information content (AvgIpc) is 4.12. The van der Waals surface area contributed by atoms with Crippen molar-refractivity contribution in [3.63, 3.8) is 0 Å². The van der Waals surface area contributed by atoms with Crippen molar-refractivity contribution in [1.29, 1.82) is 0 Å². The lowest BCUT2D eigenvalue weighted by molar-refractivity contribution is -0.745. The summed E-state index contributed by atoms with van der Waals surface area (Å²) in [5, 5.41) is 31.8. The lowest BCUT2D eigenvalue weighted by Crippen LogP contribution is -2.45.